The van der Waals surface area contributed by atoms with Gasteiger partial charge in [-0.05, 0) is 32.1 Å². The topological polar surface area (TPSA) is 57.6 Å². The zero-order chi connectivity index (χ0) is 11.5. The SMILES string of the molecule is O=C(O)CN(C(=O)C1CC=CCC1)C1CC1. The minimum atomic E-state index is -0.911. The highest BCUT2D eigenvalue weighted by Crippen LogP contribution is 2.30. The van der Waals surface area contributed by atoms with Gasteiger partial charge in [-0.2, -0.15) is 0 Å². The van der Waals surface area contributed by atoms with Gasteiger partial charge in [0.25, 0.3) is 0 Å². The van der Waals surface area contributed by atoms with Crippen LogP contribution in [0.15, 0.2) is 12.2 Å². The van der Waals surface area contributed by atoms with Gasteiger partial charge in [-0.1, -0.05) is 12.2 Å². The van der Waals surface area contributed by atoms with Gasteiger partial charge in [0.05, 0.1) is 0 Å². The van der Waals surface area contributed by atoms with Crippen molar-refractivity contribution in [2.45, 2.75) is 38.1 Å². The molecule has 2 aliphatic carbocycles. The molecule has 1 atom stereocenters. The molecule has 88 valence electrons. The molecule has 1 amide bonds. The number of rotatable bonds is 4. The summed E-state index contributed by atoms with van der Waals surface area (Å²) in [5.74, 6) is -0.870. The van der Waals surface area contributed by atoms with Crippen LogP contribution in [0.1, 0.15) is 32.1 Å². The number of carboxylic acid groups (broad SMARTS) is 1. The van der Waals surface area contributed by atoms with E-state index in [0.29, 0.717) is 0 Å². The molecule has 0 heterocycles. The van der Waals surface area contributed by atoms with Crippen molar-refractivity contribution in [3.63, 3.8) is 0 Å². The standard InChI is InChI=1S/C12H17NO3/c14-11(15)8-13(10-6-7-10)12(16)9-4-2-1-3-5-9/h1-2,9-10H,3-8H2,(H,14,15). The number of carbonyl (C=O) groups excluding carboxylic acids is 1. The van der Waals surface area contributed by atoms with Crippen LogP contribution in [0.4, 0.5) is 0 Å². The van der Waals surface area contributed by atoms with E-state index in [1.54, 1.807) is 4.90 Å². The molecule has 0 aromatic rings. The van der Waals surface area contributed by atoms with Gasteiger partial charge in [0.15, 0.2) is 0 Å². The highest BCUT2D eigenvalue weighted by atomic mass is 16.4. The van der Waals surface area contributed by atoms with Gasteiger partial charge < -0.3 is 10.0 Å². The van der Waals surface area contributed by atoms with E-state index in [-0.39, 0.29) is 24.4 Å². The van der Waals surface area contributed by atoms with E-state index in [1.807, 2.05) is 6.08 Å². The van der Waals surface area contributed by atoms with E-state index in [0.717, 1.165) is 32.1 Å². The highest BCUT2D eigenvalue weighted by molar-refractivity contribution is 5.84. The Kier molecular flexibility index (Phi) is 3.27. The summed E-state index contributed by atoms with van der Waals surface area (Å²) in [6.07, 6.45) is 8.59. The molecule has 0 spiro atoms. The summed E-state index contributed by atoms with van der Waals surface area (Å²) in [7, 11) is 0. The van der Waals surface area contributed by atoms with Gasteiger partial charge in [0.2, 0.25) is 5.91 Å². The predicted octanol–water partition coefficient (Wildman–Crippen LogP) is 1.42. The minimum Gasteiger partial charge on any atom is -0.480 e. The number of aliphatic carboxylic acids is 1. The van der Waals surface area contributed by atoms with Crippen LogP contribution in [0, 0.1) is 5.92 Å². The molecule has 1 unspecified atom stereocenters. The number of carbonyl (C=O) groups is 2. The maximum Gasteiger partial charge on any atom is 0.323 e. The molecule has 0 aromatic heterocycles. The van der Waals surface area contributed by atoms with Crippen LogP contribution in [-0.2, 0) is 9.59 Å². The Morgan fingerprint density at radius 3 is 2.50 bits per heavy atom. The lowest BCUT2D eigenvalue weighted by Crippen LogP contribution is -2.41. The summed E-state index contributed by atoms with van der Waals surface area (Å²) in [4.78, 5) is 24.4. The summed E-state index contributed by atoms with van der Waals surface area (Å²) < 4.78 is 0. The lowest BCUT2D eigenvalue weighted by Gasteiger charge is -2.26. The lowest BCUT2D eigenvalue weighted by atomic mass is 9.93. The summed E-state index contributed by atoms with van der Waals surface area (Å²) in [6.45, 7) is -0.135. The fourth-order valence-electron chi connectivity index (χ4n) is 2.17. The van der Waals surface area contributed by atoms with E-state index in [4.69, 9.17) is 5.11 Å². The molecule has 0 aliphatic heterocycles. The average Bonchev–Trinajstić information content (AvgIpc) is 3.10. The normalized spacial score (nSPS) is 24.1. The Hall–Kier alpha value is -1.32. The van der Waals surface area contributed by atoms with Gasteiger partial charge in [0, 0.05) is 12.0 Å². The molecule has 0 saturated heterocycles. The van der Waals surface area contributed by atoms with Gasteiger partial charge in [-0.25, -0.2) is 0 Å². The largest absolute Gasteiger partial charge is 0.480 e. The lowest BCUT2D eigenvalue weighted by molar-refractivity contribution is -0.147. The second kappa shape index (κ2) is 4.68. The molecule has 0 radical (unpaired) electrons. The first-order valence-electron chi connectivity index (χ1n) is 5.85. The Balaban J connectivity index is 1.98. The first-order valence-corrected chi connectivity index (χ1v) is 5.85. The number of carboxylic acids is 1. The Labute approximate surface area is 94.9 Å². The maximum absolute atomic E-state index is 12.1. The van der Waals surface area contributed by atoms with Gasteiger partial charge in [-0.3, -0.25) is 9.59 Å². The zero-order valence-electron chi connectivity index (χ0n) is 9.26. The maximum atomic E-state index is 12.1. The van der Waals surface area contributed by atoms with Crippen molar-refractivity contribution in [3.05, 3.63) is 12.2 Å². The molecule has 1 N–H and O–H groups in total. The van der Waals surface area contributed by atoms with E-state index < -0.39 is 5.97 Å². The molecule has 1 fully saturated rings. The second-order valence-electron chi connectivity index (χ2n) is 4.57. The molecule has 2 rings (SSSR count). The molecule has 2 aliphatic rings. The first kappa shape index (κ1) is 11.2. The van der Waals surface area contributed by atoms with Crippen LogP contribution in [0.2, 0.25) is 0 Å². The third kappa shape index (κ3) is 2.62. The van der Waals surface area contributed by atoms with Crippen LogP contribution in [0.5, 0.6) is 0 Å². The summed E-state index contributed by atoms with van der Waals surface area (Å²) in [5.41, 5.74) is 0. The molecular formula is C12H17NO3. The Morgan fingerprint density at radius 2 is 2.00 bits per heavy atom. The van der Waals surface area contributed by atoms with E-state index >= 15 is 0 Å². The van der Waals surface area contributed by atoms with Crippen LogP contribution >= 0.6 is 0 Å². The molecule has 4 heteroatoms. The molecule has 0 bridgehead atoms. The van der Waals surface area contributed by atoms with Crippen molar-refractivity contribution in [2.24, 2.45) is 5.92 Å². The Morgan fingerprint density at radius 1 is 1.25 bits per heavy atom. The summed E-state index contributed by atoms with van der Waals surface area (Å²) >= 11 is 0. The van der Waals surface area contributed by atoms with Crippen molar-refractivity contribution < 1.29 is 14.7 Å². The van der Waals surface area contributed by atoms with Crippen LogP contribution in [0.25, 0.3) is 0 Å². The quantitative estimate of drug-likeness (QED) is 0.733. The Bertz CT molecular complexity index is 320. The third-order valence-electron chi connectivity index (χ3n) is 3.19. The molecule has 0 aromatic carbocycles. The molecule has 4 nitrogen and oxygen atoms in total. The molecular weight excluding hydrogens is 206 g/mol. The van der Waals surface area contributed by atoms with Crippen LogP contribution < -0.4 is 0 Å². The smallest absolute Gasteiger partial charge is 0.323 e. The van der Waals surface area contributed by atoms with Crippen molar-refractivity contribution >= 4 is 11.9 Å². The van der Waals surface area contributed by atoms with Crippen LogP contribution in [0.3, 0.4) is 0 Å². The van der Waals surface area contributed by atoms with Crippen LogP contribution in [-0.4, -0.2) is 34.5 Å². The van der Waals surface area contributed by atoms with E-state index in [2.05, 4.69) is 6.08 Å². The van der Waals surface area contributed by atoms with E-state index in [9.17, 15) is 9.59 Å². The molecule has 16 heavy (non-hydrogen) atoms. The van der Waals surface area contributed by atoms with Gasteiger partial charge >= 0.3 is 5.97 Å². The number of amides is 1. The van der Waals surface area contributed by atoms with Gasteiger partial charge in [0.1, 0.15) is 6.54 Å². The van der Waals surface area contributed by atoms with Crippen molar-refractivity contribution in [3.8, 4) is 0 Å². The van der Waals surface area contributed by atoms with Crippen molar-refractivity contribution in [1.29, 1.82) is 0 Å². The zero-order valence-corrected chi connectivity index (χ0v) is 9.26. The number of allylic oxidation sites excluding steroid dienone is 2. The van der Waals surface area contributed by atoms with E-state index in [1.165, 1.54) is 0 Å². The number of hydrogen-bond donors (Lipinski definition) is 1. The highest BCUT2D eigenvalue weighted by Gasteiger charge is 2.36. The second-order valence-corrected chi connectivity index (χ2v) is 4.57. The fraction of sp³-hybridized carbons (Fsp3) is 0.667. The third-order valence-corrected chi connectivity index (χ3v) is 3.19. The minimum absolute atomic E-state index is 0.00458. The monoisotopic (exact) mass is 223 g/mol. The summed E-state index contributed by atoms with van der Waals surface area (Å²) in [5, 5.41) is 8.80. The predicted molar refractivity (Wildman–Crippen MR) is 58.9 cm³/mol. The number of nitrogens with zero attached hydrogens (tertiary/aromatic N) is 1. The van der Waals surface area contributed by atoms with Crippen molar-refractivity contribution in [1.82, 2.24) is 4.90 Å². The van der Waals surface area contributed by atoms with Crippen molar-refractivity contribution in [2.75, 3.05) is 6.54 Å². The average molecular weight is 223 g/mol. The summed E-state index contributed by atoms with van der Waals surface area (Å²) in [6, 6.07) is 0.189. The first-order chi connectivity index (χ1) is 7.68. The molecule has 1 saturated carbocycles. The number of hydrogen-bond acceptors (Lipinski definition) is 2. The van der Waals surface area contributed by atoms with Gasteiger partial charge in [-0.15, -0.1) is 0 Å². The fourth-order valence-corrected chi connectivity index (χ4v) is 2.17.